The van der Waals surface area contributed by atoms with Crippen LogP contribution in [0.5, 0.6) is 0 Å². The van der Waals surface area contributed by atoms with Gasteiger partial charge in [-0.25, -0.2) is 0 Å². The summed E-state index contributed by atoms with van der Waals surface area (Å²) in [7, 11) is 0. The predicted octanol–water partition coefficient (Wildman–Crippen LogP) is 1.69. The molecule has 0 spiro atoms. The summed E-state index contributed by atoms with van der Waals surface area (Å²) < 4.78 is 10.3. The first-order valence-electron chi connectivity index (χ1n) is 7.11. The molecule has 0 aromatic rings. The zero-order valence-corrected chi connectivity index (χ0v) is 12.8. The Bertz CT molecular complexity index is 633. The number of carbonyl (C=O) groups excluding carboxylic acids is 3. The van der Waals surface area contributed by atoms with E-state index in [0.717, 1.165) is 26.7 Å². The second kappa shape index (κ2) is 5.88. The van der Waals surface area contributed by atoms with Gasteiger partial charge in [0.05, 0.1) is 5.57 Å². The summed E-state index contributed by atoms with van der Waals surface area (Å²) in [6.07, 6.45) is 5.20. The van der Waals surface area contributed by atoms with E-state index < -0.39 is 23.1 Å². The van der Waals surface area contributed by atoms with Gasteiger partial charge >= 0.3 is 5.97 Å². The van der Waals surface area contributed by atoms with Crippen LogP contribution in [0, 0.1) is 0 Å². The number of Topliss-reactive ketones (excluding diaryl/α,β-unsaturated/α-hetero) is 2. The first kappa shape index (κ1) is 16.2. The van der Waals surface area contributed by atoms with Gasteiger partial charge in [0.2, 0.25) is 11.6 Å². The zero-order valence-electron chi connectivity index (χ0n) is 12.8. The predicted molar refractivity (Wildman–Crippen MR) is 76.2 cm³/mol. The normalized spacial score (nSPS) is 24.4. The molecule has 2 rings (SSSR count). The molecule has 0 amide bonds. The Kier molecular flexibility index (Phi) is 4.32. The number of hydrogen-bond acceptors (Lipinski definition) is 6. The van der Waals surface area contributed by atoms with Crippen molar-refractivity contribution in [3.8, 4) is 0 Å². The summed E-state index contributed by atoms with van der Waals surface area (Å²) in [5.41, 5.74) is -2.05. The van der Waals surface area contributed by atoms with Gasteiger partial charge in [-0.05, 0) is 19.4 Å². The van der Waals surface area contributed by atoms with Crippen molar-refractivity contribution in [1.29, 1.82) is 0 Å². The van der Waals surface area contributed by atoms with Gasteiger partial charge in [-0.2, -0.15) is 0 Å². The summed E-state index contributed by atoms with van der Waals surface area (Å²) in [4.78, 5) is 35.7. The molecule has 0 bridgehead atoms. The fraction of sp³-hybridized carbons (Fsp3) is 0.438. The highest BCUT2D eigenvalue weighted by Crippen LogP contribution is 2.36. The number of rotatable bonds is 4. The molecule has 6 heteroatoms. The second-order valence-corrected chi connectivity index (χ2v) is 5.43. The van der Waals surface area contributed by atoms with Crippen LogP contribution in [0.15, 0.2) is 35.0 Å². The van der Waals surface area contributed by atoms with Crippen LogP contribution in [-0.2, 0) is 23.9 Å². The van der Waals surface area contributed by atoms with Crippen molar-refractivity contribution < 1.29 is 29.0 Å². The molecule has 0 saturated carbocycles. The molecule has 0 aromatic heterocycles. The number of fused-ring (bicyclic) bond motifs is 1. The molecule has 1 unspecified atom stereocenters. The average Bonchev–Trinajstić information content (AvgIpc) is 2.47. The maximum atomic E-state index is 12.3. The second-order valence-electron chi connectivity index (χ2n) is 5.43. The van der Waals surface area contributed by atoms with E-state index in [-0.39, 0.29) is 16.9 Å². The molecule has 1 aliphatic carbocycles. The van der Waals surface area contributed by atoms with Gasteiger partial charge in [0.1, 0.15) is 12.0 Å². The van der Waals surface area contributed by atoms with Crippen LogP contribution in [0.3, 0.4) is 0 Å². The van der Waals surface area contributed by atoms with Crippen molar-refractivity contribution in [2.45, 2.75) is 45.6 Å². The quantitative estimate of drug-likeness (QED) is 0.628. The van der Waals surface area contributed by atoms with Crippen LogP contribution in [-0.4, -0.2) is 28.2 Å². The van der Waals surface area contributed by atoms with Crippen molar-refractivity contribution in [1.82, 2.24) is 0 Å². The van der Waals surface area contributed by atoms with E-state index in [0.29, 0.717) is 12.2 Å². The van der Waals surface area contributed by atoms with Crippen molar-refractivity contribution in [3.63, 3.8) is 0 Å². The van der Waals surface area contributed by atoms with E-state index in [1.54, 1.807) is 0 Å². The molecule has 0 saturated heterocycles. The SMILES string of the molecule is CCCCC1=CC2=C(OC(C)=O)C(=O)C(C)(O)C(=O)C2=CO1. The third-order valence-electron chi connectivity index (χ3n) is 3.53. The van der Waals surface area contributed by atoms with Crippen LogP contribution in [0.2, 0.25) is 0 Å². The number of esters is 1. The van der Waals surface area contributed by atoms with E-state index >= 15 is 0 Å². The molecular weight excluding hydrogens is 288 g/mol. The number of unbranched alkanes of at least 4 members (excludes halogenated alkanes) is 1. The largest absolute Gasteiger partial charge is 0.469 e. The Morgan fingerprint density at radius 2 is 2.05 bits per heavy atom. The van der Waals surface area contributed by atoms with Gasteiger partial charge in [-0.15, -0.1) is 0 Å². The molecule has 0 radical (unpaired) electrons. The fourth-order valence-corrected chi connectivity index (χ4v) is 2.27. The van der Waals surface area contributed by atoms with Crippen LogP contribution in [0.25, 0.3) is 0 Å². The lowest BCUT2D eigenvalue weighted by Crippen LogP contribution is -2.49. The van der Waals surface area contributed by atoms with Crippen molar-refractivity contribution in [3.05, 3.63) is 35.0 Å². The van der Waals surface area contributed by atoms with E-state index in [1.165, 1.54) is 12.3 Å². The molecule has 1 atom stereocenters. The summed E-state index contributed by atoms with van der Waals surface area (Å²) in [6.45, 7) is 4.25. The third kappa shape index (κ3) is 2.74. The Morgan fingerprint density at radius 3 is 2.64 bits per heavy atom. The van der Waals surface area contributed by atoms with Gasteiger partial charge in [0, 0.05) is 18.9 Å². The molecule has 2 aliphatic rings. The van der Waals surface area contributed by atoms with Crippen LogP contribution >= 0.6 is 0 Å². The van der Waals surface area contributed by atoms with E-state index in [2.05, 4.69) is 0 Å². The van der Waals surface area contributed by atoms with E-state index in [4.69, 9.17) is 9.47 Å². The highest BCUT2D eigenvalue weighted by Gasteiger charge is 2.50. The van der Waals surface area contributed by atoms with Crippen LogP contribution < -0.4 is 0 Å². The first-order chi connectivity index (χ1) is 10.3. The minimum atomic E-state index is -2.27. The number of ketones is 2. The molecule has 6 nitrogen and oxygen atoms in total. The first-order valence-corrected chi connectivity index (χ1v) is 7.11. The number of carbonyl (C=O) groups is 3. The highest BCUT2D eigenvalue weighted by molar-refractivity contribution is 6.27. The Hall–Kier alpha value is -2.21. The third-order valence-corrected chi connectivity index (χ3v) is 3.53. The molecule has 0 fully saturated rings. The Morgan fingerprint density at radius 1 is 1.36 bits per heavy atom. The molecular formula is C16H18O6. The fourth-order valence-electron chi connectivity index (χ4n) is 2.27. The maximum absolute atomic E-state index is 12.3. The molecule has 22 heavy (non-hydrogen) atoms. The number of ether oxygens (including phenoxy) is 2. The highest BCUT2D eigenvalue weighted by atomic mass is 16.5. The molecule has 0 aromatic carbocycles. The van der Waals surface area contributed by atoms with Gasteiger partial charge < -0.3 is 14.6 Å². The minimum absolute atomic E-state index is 0.0288. The molecule has 1 aliphatic heterocycles. The Balaban J connectivity index is 2.53. The van der Waals surface area contributed by atoms with Gasteiger partial charge in [-0.3, -0.25) is 14.4 Å². The van der Waals surface area contributed by atoms with Crippen molar-refractivity contribution >= 4 is 17.5 Å². The smallest absolute Gasteiger partial charge is 0.308 e. The number of hydrogen-bond donors (Lipinski definition) is 1. The van der Waals surface area contributed by atoms with Gasteiger partial charge in [0.25, 0.3) is 0 Å². The minimum Gasteiger partial charge on any atom is -0.469 e. The summed E-state index contributed by atoms with van der Waals surface area (Å²) in [5, 5.41) is 10.1. The van der Waals surface area contributed by atoms with Gasteiger partial charge in [-0.1, -0.05) is 13.3 Å². The summed E-state index contributed by atoms with van der Waals surface area (Å²) in [5.74, 6) is -2.13. The Labute approximate surface area is 128 Å². The maximum Gasteiger partial charge on any atom is 0.308 e. The van der Waals surface area contributed by atoms with E-state index in [1.807, 2.05) is 6.92 Å². The monoisotopic (exact) mass is 306 g/mol. The molecule has 118 valence electrons. The topological polar surface area (TPSA) is 89.9 Å². The van der Waals surface area contributed by atoms with Crippen LogP contribution in [0.4, 0.5) is 0 Å². The van der Waals surface area contributed by atoms with E-state index in [9.17, 15) is 19.5 Å². The molecule has 1 N–H and O–H groups in total. The van der Waals surface area contributed by atoms with Crippen LogP contribution in [0.1, 0.15) is 40.0 Å². The molecule has 1 heterocycles. The lowest BCUT2D eigenvalue weighted by Gasteiger charge is -2.30. The number of allylic oxidation sites excluding steroid dienone is 3. The lowest BCUT2D eigenvalue weighted by molar-refractivity contribution is -0.152. The lowest BCUT2D eigenvalue weighted by atomic mass is 9.79. The van der Waals surface area contributed by atoms with Crippen molar-refractivity contribution in [2.24, 2.45) is 0 Å². The van der Waals surface area contributed by atoms with Gasteiger partial charge in [0.15, 0.2) is 11.4 Å². The summed E-state index contributed by atoms with van der Waals surface area (Å²) >= 11 is 0. The van der Waals surface area contributed by atoms with Crippen molar-refractivity contribution in [2.75, 3.05) is 0 Å². The average molecular weight is 306 g/mol. The standard InChI is InChI=1S/C16H18O6/c1-4-5-6-10-7-11-12(8-21-10)14(18)16(3,20)15(19)13(11)22-9(2)17/h7-8,20H,4-6H2,1-3H3. The zero-order chi connectivity index (χ0) is 16.5. The number of aliphatic hydroxyl groups is 1. The summed E-state index contributed by atoms with van der Waals surface area (Å²) in [6, 6.07) is 0.